The summed E-state index contributed by atoms with van der Waals surface area (Å²) in [4.78, 5) is 27.1. The third-order valence-corrected chi connectivity index (χ3v) is 7.66. The molecule has 0 atom stereocenters. The number of hydrogen-bond donors (Lipinski definition) is 2. The van der Waals surface area contributed by atoms with Gasteiger partial charge in [-0.05, 0) is 96.9 Å². The molecule has 2 N–H and O–H groups in total. The molecule has 0 unspecified atom stereocenters. The molecule has 1 aliphatic heterocycles. The zero-order valence-electron chi connectivity index (χ0n) is 24.3. The van der Waals surface area contributed by atoms with Crippen LogP contribution in [0.4, 0.5) is 0 Å². The van der Waals surface area contributed by atoms with Gasteiger partial charge in [0.1, 0.15) is 5.75 Å². The number of piperidine rings is 1. The summed E-state index contributed by atoms with van der Waals surface area (Å²) in [5, 5.41) is 6.92. The van der Waals surface area contributed by atoms with E-state index in [4.69, 9.17) is 4.74 Å². The fourth-order valence-electron chi connectivity index (χ4n) is 5.19. The predicted octanol–water partition coefficient (Wildman–Crippen LogP) is 5.60. The fraction of sp³-hybridized carbons (Fsp3) is 0.250. The maximum absolute atomic E-state index is 12.6. The zero-order chi connectivity index (χ0) is 29.7. The van der Waals surface area contributed by atoms with Gasteiger partial charge in [-0.1, -0.05) is 72.8 Å². The van der Waals surface area contributed by atoms with Gasteiger partial charge in [-0.2, -0.15) is 5.10 Å². The fourth-order valence-corrected chi connectivity index (χ4v) is 5.19. The van der Waals surface area contributed by atoms with Gasteiger partial charge < -0.3 is 10.1 Å². The number of rotatable bonds is 12. The molecule has 7 heteroatoms. The lowest BCUT2D eigenvalue weighted by Gasteiger charge is -2.32. The number of nitrogens with one attached hydrogen (secondary N) is 2. The van der Waals surface area contributed by atoms with Crippen LogP contribution in [0.15, 0.2) is 114 Å². The average Bonchev–Trinajstić information content (AvgIpc) is 3.05. The van der Waals surface area contributed by atoms with Crippen molar-refractivity contribution in [3.05, 3.63) is 137 Å². The van der Waals surface area contributed by atoms with E-state index in [9.17, 15) is 9.59 Å². The standard InChI is InChI=1S/C36H38N4O3/c41-35(37-24-30-9-5-2-6-10-30)27-43-34-17-13-31(14-18-34)25-38-39-36(42)33-15-11-32(12-16-33)26-40-21-19-29(20-22-40)23-28-7-3-1-4-8-28/h1-18,25,29H,19-24,26-27H2,(H,37,41)(H,39,42)/b38-25-. The molecule has 0 spiro atoms. The first-order valence-electron chi connectivity index (χ1n) is 14.8. The Morgan fingerprint density at radius 1 is 0.791 bits per heavy atom. The average molecular weight is 575 g/mol. The van der Waals surface area contributed by atoms with Crippen molar-refractivity contribution in [3.63, 3.8) is 0 Å². The van der Waals surface area contributed by atoms with Gasteiger partial charge in [-0.15, -0.1) is 0 Å². The normalized spacial score (nSPS) is 14.0. The lowest BCUT2D eigenvalue weighted by molar-refractivity contribution is -0.123. The van der Waals surface area contributed by atoms with Gasteiger partial charge in [0, 0.05) is 18.7 Å². The number of carbonyl (C=O) groups excluding carboxylic acids is 2. The predicted molar refractivity (Wildman–Crippen MR) is 170 cm³/mol. The summed E-state index contributed by atoms with van der Waals surface area (Å²) in [7, 11) is 0. The van der Waals surface area contributed by atoms with E-state index in [1.807, 2.05) is 66.7 Å². The van der Waals surface area contributed by atoms with Crippen LogP contribution in [0.3, 0.4) is 0 Å². The van der Waals surface area contributed by atoms with E-state index in [0.717, 1.165) is 43.1 Å². The summed E-state index contributed by atoms with van der Waals surface area (Å²) < 4.78 is 5.57. The number of nitrogens with zero attached hydrogens (tertiary/aromatic N) is 2. The van der Waals surface area contributed by atoms with Crippen LogP contribution in [0.1, 0.15) is 45.5 Å². The van der Waals surface area contributed by atoms with Crippen LogP contribution in [0, 0.1) is 5.92 Å². The molecule has 0 aromatic heterocycles. The first-order valence-corrected chi connectivity index (χ1v) is 14.8. The molecule has 0 aliphatic carbocycles. The smallest absolute Gasteiger partial charge is 0.271 e. The Bertz CT molecular complexity index is 1460. The Morgan fingerprint density at radius 3 is 2.12 bits per heavy atom. The van der Waals surface area contributed by atoms with Gasteiger partial charge >= 0.3 is 0 Å². The van der Waals surface area contributed by atoms with E-state index in [-0.39, 0.29) is 18.4 Å². The molecule has 2 amide bonds. The van der Waals surface area contributed by atoms with Crippen molar-refractivity contribution in [3.8, 4) is 5.75 Å². The van der Waals surface area contributed by atoms with E-state index < -0.39 is 0 Å². The van der Waals surface area contributed by atoms with Crippen LogP contribution in [0.25, 0.3) is 0 Å². The Hall–Kier alpha value is -4.75. The second-order valence-corrected chi connectivity index (χ2v) is 10.9. The molecule has 4 aromatic rings. The van der Waals surface area contributed by atoms with Crippen molar-refractivity contribution < 1.29 is 14.3 Å². The van der Waals surface area contributed by atoms with Crippen LogP contribution in [0.5, 0.6) is 5.75 Å². The zero-order valence-corrected chi connectivity index (χ0v) is 24.3. The number of hydrogen-bond acceptors (Lipinski definition) is 5. The third kappa shape index (κ3) is 9.65. The minimum Gasteiger partial charge on any atom is -0.484 e. The highest BCUT2D eigenvalue weighted by Crippen LogP contribution is 2.23. The number of amides is 2. The van der Waals surface area contributed by atoms with E-state index in [1.54, 1.807) is 18.3 Å². The molecule has 1 saturated heterocycles. The summed E-state index contributed by atoms with van der Waals surface area (Å²) in [5.41, 5.74) is 7.62. The van der Waals surface area contributed by atoms with Crippen LogP contribution in [0.2, 0.25) is 0 Å². The lowest BCUT2D eigenvalue weighted by atomic mass is 9.90. The first kappa shape index (κ1) is 29.7. The molecule has 0 saturated carbocycles. The summed E-state index contributed by atoms with van der Waals surface area (Å²) in [6.07, 6.45) is 5.17. The van der Waals surface area contributed by atoms with Crippen molar-refractivity contribution in [2.75, 3.05) is 19.7 Å². The Balaban J connectivity index is 0.996. The molecule has 220 valence electrons. The number of likely N-dealkylation sites (tertiary alicyclic amines) is 1. The quantitative estimate of drug-likeness (QED) is 0.170. The number of benzene rings is 4. The van der Waals surface area contributed by atoms with E-state index >= 15 is 0 Å². The molecule has 1 heterocycles. The topological polar surface area (TPSA) is 83.0 Å². The van der Waals surface area contributed by atoms with Crippen LogP contribution in [-0.2, 0) is 24.3 Å². The second kappa shape index (κ2) is 15.5. The summed E-state index contributed by atoms with van der Waals surface area (Å²) in [6, 6.07) is 35.4. The van der Waals surface area contributed by atoms with Gasteiger partial charge in [-0.25, -0.2) is 5.43 Å². The maximum Gasteiger partial charge on any atom is 0.271 e. The van der Waals surface area contributed by atoms with Gasteiger partial charge in [0.15, 0.2) is 6.61 Å². The monoisotopic (exact) mass is 574 g/mol. The Labute approximate surface area is 253 Å². The molecular formula is C36H38N4O3. The highest BCUT2D eigenvalue weighted by Gasteiger charge is 2.19. The number of hydrazone groups is 1. The molecule has 5 rings (SSSR count). The largest absolute Gasteiger partial charge is 0.484 e. The van der Waals surface area contributed by atoms with Crippen molar-refractivity contribution in [1.82, 2.24) is 15.6 Å². The molecule has 4 aromatic carbocycles. The van der Waals surface area contributed by atoms with Gasteiger partial charge in [0.2, 0.25) is 0 Å². The van der Waals surface area contributed by atoms with E-state index in [1.165, 1.54) is 24.0 Å². The maximum atomic E-state index is 12.6. The minimum atomic E-state index is -0.258. The first-order chi connectivity index (χ1) is 21.1. The molecule has 0 bridgehead atoms. The van der Waals surface area contributed by atoms with Crippen molar-refractivity contribution in [2.24, 2.45) is 11.0 Å². The van der Waals surface area contributed by atoms with Gasteiger partial charge in [-0.3, -0.25) is 14.5 Å². The van der Waals surface area contributed by atoms with Crippen molar-refractivity contribution >= 4 is 18.0 Å². The highest BCUT2D eigenvalue weighted by atomic mass is 16.5. The number of carbonyl (C=O) groups is 2. The van der Waals surface area contributed by atoms with Crippen LogP contribution >= 0.6 is 0 Å². The lowest BCUT2D eigenvalue weighted by Crippen LogP contribution is -2.33. The Morgan fingerprint density at radius 2 is 1.44 bits per heavy atom. The van der Waals surface area contributed by atoms with Gasteiger partial charge in [0.25, 0.3) is 11.8 Å². The summed E-state index contributed by atoms with van der Waals surface area (Å²) in [6.45, 7) is 3.50. The van der Waals surface area contributed by atoms with E-state index in [2.05, 4.69) is 51.1 Å². The summed E-state index contributed by atoms with van der Waals surface area (Å²) in [5.74, 6) is 0.878. The van der Waals surface area contributed by atoms with Crippen molar-refractivity contribution in [2.45, 2.75) is 32.4 Å². The third-order valence-electron chi connectivity index (χ3n) is 7.66. The van der Waals surface area contributed by atoms with Gasteiger partial charge in [0.05, 0.1) is 6.21 Å². The molecular weight excluding hydrogens is 536 g/mol. The van der Waals surface area contributed by atoms with Crippen molar-refractivity contribution in [1.29, 1.82) is 0 Å². The molecule has 1 fully saturated rings. The highest BCUT2D eigenvalue weighted by molar-refractivity contribution is 5.94. The molecule has 7 nitrogen and oxygen atoms in total. The molecule has 0 radical (unpaired) electrons. The SMILES string of the molecule is O=C(COc1ccc(/C=N\NC(=O)c2ccc(CN3CCC(Cc4ccccc4)CC3)cc2)cc1)NCc1ccccc1. The summed E-state index contributed by atoms with van der Waals surface area (Å²) >= 11 is 0. The molecule has 1 aliphatic rings. The minimum absolute atomic E-state index is 0.0671. The Kier molecular flexibility index (Phi) is 10.7. The van der Waals surface area contributed by atoms with Crippen LogP contribution < -0.4 is 15.5 Å². The molecule has 43 heavy (non-hydrogen) atoms. The second-order valence-electron chi connectivity index (χ2n) is 10.9. The number of ether oxygens (including phenoxy) is 1. The van der Waals surface area contributed by atoms with Crippen LogP contribution in [-0.4, -0.2) is 42.6 Å². The van der Waals surface area contributed by atoms with E-state index in [0.29, 0.717) is 17.9 Å².